The molecular formula is C21H23N7OS. The van der Waals surface area contributed by atoms with E-state index in [9.17, 15) is 0 Å². The molecular weight excluding hydrogens is 398 g/mol. The van der Waals surface area contributed by atoms with Gasteiger partial charge in [-0.25, -0.2) is 15.0 Å². The van der Waals surface area contributed by atoms with Crippen molar-refractivity contribution in [1.82, 2.24) is 20.3 Å². The fourth-order valence-electron chi connectivity index (χ4n) is 3.47. The van der Waals surface area contributed by atoms with Gasteiger partial charge >= 0.3 is 0 Å². The number of morpholine rings is 1. The lowest BCUT2D eigenvalue weighted by Crippen LogP contribution is -2.36. The summed E-state index contributed by atoms with van der Waals surface area (Å²) in [5.41, 5.74) is 3.80. The molecule has 0 spiro atoms. The quantitative estimate of drug-likeness (QED) is 0.670. The Kier molecular flexibility index (Phi) is 5.54. The summed E-state index contributed by atoms with van der Waals surface area (Å²) in [7, 11) is 0. The van der Waals surface area contributed by atoms with Crippen LogP contribution < -0.4 is 15.5 Å². The smallest absolute Gasteiger partial charge is 0.197 e. The van der Waals surface area contributed by atoms with Crippen molar-refractivity contribution in [2.75, 3.05) is 49.6 Å². The maximum atomic E-state index is 5.46. The van der Waals surface area contributed by atoms with Crippen molar-refractivity contribution in [2.24, 2.45) is 4.99 Å². The number of aromatic nitrogens is 3. The Labute approximate surface area is 179 Å². The number of hydrogen-bond donors (Lipinski definition) is 2. The SMILES string of the molecule is c1cc(-c2nccc(-c3csc(NC4=NCCCN4)n3)n2)cc(N2CCOCC2)c1. The van der Waals surface area contributed by atoms with Gasteiger partial charge in [-0.15, -0.1) is 11.3 Å². The first-order valence-electron chi connectivity index (χ1n) is 10.1. The van der Waals surface area contributed by atoms with E-state index in [1.54, 1.807) is 6.20 Å². The van der Waals surface area contributed by atoms with Gasteiger partial charge in [0.05, 0.1) is 18.9 Å². The molecule has 30 heavy (non-hydrogen) atoms. The zero-order valence-corrected chi connectivity index (χ0v) is 17.4. The molecule has 2 aliphatic rings. The summed E-state index contributed by atoms with van der Waals surface area (Å²) in [4.78, 5) is 20.7. The monoisotopic (exact) mass is 421 g/mol. The highest BCUT2D eigenvalue weighted by atomic mass is 32.1. The van der Waals surface area contributed by atoms with Gasteiger partial charge in [0.2, 0.25) is 0 Å². The second kappa shape index (κ2) is 8.76. The van der Waals surface area contributed by atoms with Crippen LogP contribution in [0.4, 0.5) is 10.8 Å². The maximum absolute atomic E-state index is 5.46. The highest BCUT2D eigenvalue weighted by Crippen LogP contribution is 2.27. The molecule has 4 heterocycles. The number of hydrogen-bond acceptors (Lipinski definition) is 9. The van der Waals surface area contributed by atoms with Crippen molar-refractivity contribution in [3.8, 4) is 22.8 Å². The summed E-state index contributed by atoms with van der Waals surface area (Å²) in [6, 6.07) is 10.3. The summed E-state index contributed by atoms with van der Waals surface area (Å²) < 4.78 is 5.46. The number of rotatable bonds is 4. The fourth-order valence-corrected chi connectivity index (χ4v) is 4.17. The molecule has 2 aromatic heterocycles. The second-order valence-corrected chi connectivity index (χ2v) is 7.95. The first kappa shape index (κ1) is 19.0. The molecule has 1 saturated heterocycles. The molecule has 0 aliphatic carbocycles. The van der Waals surface area contributed by atoms with Gasteiger partial charge < -0.3 is 20.3 Å². The number of aliphatic imine (C=N–C) groups is 1. The number of thiazole rings is 1. The predicted molar refractivity (Wildman–Crippen MR) is 120 cm³/mol. The average Bonchev–Trinajstić information content (AvgIpc) is 3.29. The highest BCUT2D eigenvalue weighted by Gasteiger charge is 2.14. The van der Waals surface area contributed by atoms with Crippen LogP contribution in [0.1, 0.15) is 6.42 Å². The molecule has 0 atom stereocenters. The first-order chi connectivity index (χ1) is 14.8. The molecule has 1 aromatic carbocycles. The van der Waals surface area contributed by atoms with E-state index >= 15 is 0 Å². The number of nitrogens with one attached hydrogen (secondary N) is 2. The van der Waals surface area contributed by atoms with Gasteiger partial charge in [0.1, 0.15) is 5.69 Å². The Morgan fingerprint density at radius 2 is 2.03 bits per heavy atom. The molecule has 0 saturated carbocycles. The van der Waals surface area contributed by atoms with E-state index in [-0.39, 0.29) is 0 Å². The highest BCUT2D eigenvalue weighted by molar-refractivity contribution is 7.14. The van der Waals surface area contributed by atoms with Crippen molar-refractivity contribution < 1.29 is 4.74 Å². The molecule has 5 rings (SSSR count). The third kappa shape index (κ3) is 4.27. The Morgan fingerprint density at radius 3 is 2.90 bits per heavy atom. The van der Waals surface area contributed by atoms with Crippen LogP contribution in [-0.2, 0) is 4.74 Å². The van der Waals surface area contributed by atoms with E-state index in [1.165, 1.54) is 17.0 Å². The molecule has 1 fully saturated rings. The number of ether oxygens (including phenoxy) is 1. The molecule has 154 valence electrons. The standard InChI is InChI=1S/C21H23N7OS/c1-3-15(13-16(4-1)28-9-11-29-12-10-28)19-22-8-5-17(25-19)18-14-30-21(26-18)27-20-23-6-2-7-24-20/h1,3-5,8,13-14H,2,6-7,9-12H2,(H2,23,24,26,27). The van der Waals surface area contributed by atoms with Crippen LogP contribution in [0.3, 0.4) is 0 Å². The zero-order chi connectivity index (χ0) is 20.2. The Balaban J connectivity index is 1.36. The lowest BCUT2D eigenvalue weighted by Gasteiger charge is -2.29. The molecule has 0 bridgehead atoms. The molecule has 0 amide bonds. The van der Waals surface area contributed by atoms with E-state index in [1.807, 2.05) is 17.5 Å². The van der Waals surface area contributed by atoms with Crippen molar-refractivity contribution in [3.05, 3.63) is 41.9 Å². The van der Waals surface area contributed by atoms with Gasteiger partial charge in [0, 0.05) is 49.0 Å². The van der Waals surface area contributed by atoms with E-state index < -0.39 is 0 Å². The number of nitrogens with zero attached hydrogens (tertiary/aromatic N) is 5. The zero-order valence-electron chi connectivity index (χ0n) is 16.5. The van der Waals surface area contributed by atoms with Gasteiger partial charge in [-0.1, -0.05) is 12.1 Å². The van der Waals surface area contributed by atoms with Crippen LogP contribution in [0.15, 0.2) is 46.9 Å². The van der Waals surface area contributed by atoms with Crippen LogP contribution >= 0.6 is 11.3 Å². The molecule has 9 heteroatoms. The summed E-state index contributed by atoms with van der Waals surface area (Å²) in [6.45, 7) is 5.10. The van der Waals surface area contributed by atoms with Crippen LogP contribution in [-0.4, -0.2) is 60.3 Å². The Hall–Kier alpha value is -3.04. The van der Waals surface area contributed by atoms with Gasteiger partial charge in [0.15, 0.2) is 16.9 Å². The Bertz CT molecular complexity index is 1050. The number of anilines is 2. The van der Waals surface area contributed by atoms with Crippen LogP contribution in [0.25, 0.3) is 22.8 Å². The van der Waals surface area contributed by atoms with Crippen LogP contribution in [0.2, 0.25) is 0 Å². The molecule has 0 unspecified atom stereocenters. The number of benzene rings is 1. The minimum Gasteiger partial charge on any atom is -0.378 e. The summed E-state index contributed by atoms with van der Waals surface area (Å²) in [5, 5.41) is 9.30. The minimum absolute atomic E-state index is 0.698. The van der Waals surface area contributed by atoms with Crippen molar-refractivity contribution in [1.29, 1.82) is 0 Å². The first-order valence-corrected chi connectivity index (χ1v) is 11.0. The van der Waals surface area contributed by atoms with Gasteiger partial charge in [-0.3, -0.25) is 4.99 Å². The summed E-state index contributed by atoms with van der Waals surface area (Å²) in [5.74, 6) is 1.48. The summed E-state index contributed by atoms with van der Waals surface area (Å²) in [6.07, 6.45) is 2.85. The lowest BCUT2D eigenvalue weighted by atomic mass is 10.1. The Morgan fingerprint density at radius 1 is 1.10 bits per heavy atom. The molecule has 8 nitrogen and oxygen atoms in total. The minimum atomic E-state index is 0.698. The third-order valence-corrected chi connectivity index (χ3v) is 5.78. The van der Waals surface area contributed by atoms with Gasteiger partial charge in [-0.2, -0.15) is 0 Å². The van der Waals surface area contributed by atoms with Crippen molar-refractivity contribution in [3.63, 3.8) is 0 Å². The molecule has 2 N–H and O–H groups in total. The number of guanidine groups is 1. The lowest BCUT2D eigenvalue weighted by molar-refractivity contribution is 0.122. The maximum Gasteiger partial charge on any atom is 0.197 e. The molecule has 2 aliphatic heterocycles. The fraction of sp³-hybridized carbons (Fsp3) is 0.333. The summed E-state index contributed by atoms with van der Waals surface area (Å²) >= 11 is 1.54. The van der Waals surface area contributed by atoms with Crippen LogP contribution in [0.5, 0.6) is 0 Å². The van der Waals surface area contributed by atoms with Crippen LogP contribution in [0, 0.1) is 0 Å². The normalized spacial score (nSPS) is 16.7. The predicted octanol–water partition coefficient (Wildman–Crippen LogP) is 2.86. The topological polar surface area (TPSA) is 87.6 Å². The van der Waals surface area contributed by atoms with Crippen molar-refractivity contribution >= 4 is 28.1 Å². The van der Waals surface area contributed by atoms with E-state index in [2.05, 4.69) is 48.7 Å². The largest absolute Gasteiger partial charge is 0.378 e. The third-order valence-electron chi connectivity index (χ3n) is 5.03. The van der Waals surface area contributed by atoms with E-state index in [4.69, 9.17) is 9.72 Å². The second-order valence-electron chi connectivity index (χ2n) is 7.09. The van der Waals surface area contributed by atoms with Gasteiger partial charge in [0.25, 0.3) is 0 Å². The van der Waals surface area contributed by atoms with Crippen molar-refractivity contribution in [2.45, 2.75) is 6.42 Å². The van der Waals surface area contributed by atoms with E-state index in [0.29, 0.717) is 5.82 Å². The van der Waals surface area contributed by atoms with E-state index in [0.717, 1.165) is 73.9 Å². The molecule has 0 radical (unpaired) electrons. The van der Waals surface area contributed by atoms with Gasteiger partial charge in [-0.05, 0) is 24.6 Å². The molecule has 3 aromatic rings. The average molecular weight is 422 g/mol.